The molecule has 4 heteroatoms. The monoisotopic (exact) mass is 224 g/mol. The fraction of sp³-hybridized carbons (Fsp3) is 0.583. The fourth-order valence-electron chi connectivity index (χ4n) is 1.33. The van der Waals surface area contributed by atoms with Gasteiger partial charge in [-0.1, -0.05) is 19.9 Å². The van der Waals surface area contributed by atoms with Gasteiger partial charge in [-0.05, 0) is 6.07 Å². The molecule has 1 aromatic rings. The molecule has 1 aromatic heterocycles. The van der Waals surface area contributed by atoms with Crippen molar-refractivity contribution in [2.24, 2.45) is 5.41 Å². The van der Waals surface area contributed by atoms with Crippen molar-refractivity contribution < 1.29 is 9.84 Å². The maximum Gasteiger partial charge on any atom is 0.217 e. The molecular weight excluding hydrogens is 204 g/mol. The molecule has 1 heterocycles. The Balaban J connectivity index is 2.49. The topological polar surface area (TPSA) is 54.4 Å². The molecule has 2 N–H and O–H groups in total. The molecular formula is C12H20N2O2. The van der Waals surface area contributed by atoms with Crippen molar-refractivity contribution in [3.05, 3.63) is 23.9 Å². The molecule has 0 spiro atoms. The number of ether oxygens (including phenoxy) is 1. The van der Waals surface area contributed by atoms with E-state index in [1.54, 1.807) is 13.3 Å². The number of hydrogen-bond acceptors (Lipinski definition) is 4. The molecule has 90 valence electrons. The quantitative estimate of drug-likeness (QED) is 0.762. The van der Waals surface area contributed by atoms with Gasteiger partial charge in [0.05, 0.1) is 7.11 Å². The Labute approximate surface area is 96.7 Å². The van der Waals surface area contributed by atoms with E-state index in [-0.39, 0.29) is 12.0 Å². The molecule has 0 fully saturated rings. The first-order valence-corrected chi connectivity index (χ1v) is 5.38. The van der Waals surface area contributed by atoms with Crippen molar-refractivity contribution in [2.45, 2.75) is 20.4 Å². The predicted molar refractivity (Wildman–Crippen MR) is 63.4 cm³/mol. The summed E-state index contributed by atoms with van der Waals surface area (Å²) in [4.78, 5) is 4.12. The second kappa shape index (κ2) is 5.82. The molecule has 0 aliphatic heterocycles. The summed E-state index contributed by atoms with van der Waals surface area (Å²) in [6, 6.07) is 3.86. The molecule has 0 aliphatic rings. The van der Waals surface area contributed by atoms with Crippen LogP contribution in [0.5, 0.6) is 5.88 Å². The van der Waals surface area contributed by atoms with Gasteiger partial charge in [0.2, 0.25) is 5.88 Å². The lowest BCUT2D eigenvalue weighted by Gasteiger charge is -2.22. The summed E-state index contributed by atoms with van der Waals surface area (Å²) in [5.41, 5.74) is 0.925. The van der Waals surface area contributed by atoms with Crippen molar-refractivity contribution >= 4 is 0 Å². The van der Waals surface area contributed by atoms with E-state index in [0.29, 0.717) is 12.4 Å². The molecule has 0 bridgehead atoms. The number of pyridine rings is 1. The van der Waals surface area contributed by atoms with Crippen LogP contribution in [0.2, 0.25) is 0 Å². The number of hydrogen-bond donors (Lipinski definition) is 2. The normalized spacial score (nSPS) is 11.5. The van der Waals surface area contributed by atoms with E-state index >= 15 is 0 Å². The Morgan fingerprint density at radius 3 is 2.88 bits per heavy atom. The molecule has 0 aromatic carbocycles. The summed E-state index contributed by atoms with van der Waals surface area (Å²) in [6.07, 6.45) is 1.71. The van der Waals surface area contributed by atoms with Crippen LogP contribution in [-0.4, -0.2) is 30.4 Å². The highest BCUT2D eigenvalue weighted by Gasteiger charge is 2.15. The number of methoxy groups -OCH3 is 1. The largest absolute Gasteiger partial charge is 0.481 e. The number of aromatic nitrogens is 1. The first-order chi connectivity index (χ1) is 7.59. The molecule has 0 unspecified atom stereocenters. The van der Waals surface area contributed by atoms with E-state index in [1.807, 2.05) is 26.0 Å². The van der Waals surface area contributed by atoms with E-state index in [4.69, 9.17) is 9.84 Å². The zero-order chi connectivity index (χ0) is 12.0. The molecule has 0 amide bonds. The van der Waals surface area contributed by atoms with Gasteiger partial charge in [-0.2, -0.15) is 0 Å². The lowest BCUT2D eigenvalue weighted by molar-refractivity contribution is 0.156. The van der Waals surface area contributed by atoms with Crippen LogP contribution in [0.25, 0.3) is 0 Å². The minimum Gasteiger partial charge on any atom is -0.481 e. The third kappa shape index (κ3) is 3.79. The van der Waals surface area contributed by atoms with E-state index in [9.17, 15) is 0 Å². The van der Waals surface area contributed by atoms with Crippen LogP contribution < -0.4 is 10.1 Å². The van der Waals surface area contributed by atoms with Crippen molar-refractivity contribution in [1.82, 2.24) is 10.3 Å². The van der Waals surface area contributed by atoms with Gasteiger partial charge < -0.3 is 15.2 Å². The lowest BCUT2D eigenvalue weighted by atomic mass is 9.95. The van der Waals surface area contributed by atoms with Crippen LogP contribution in [0.3, 0.4) is 0 Å². The first-order valence-electron chi connectivity index (χ1n) is 5.38. The van der Waals surface area contributed by atoms with Gasteiger partial charge in [-0.15, -0.1) is 0 Å². The van der Waals surface area contributed by atoms with E-state index in [1.165, 1.54) is 0 Å². The van der Waals surface area contributed by atoms with Crippen LogP contribution in [0.1, 0.15) is 19.4 Å². The summed E-state index contributed by atoms with van der Waals surface area (Å²) in [5, 5.41) is 12.4. The van der Waals surface area contributed by atoms with Crippen molar-refractivity contribution in [1.29, 1.82) is 0 Å². The van der Waals surface area contributed by atoms with Gasteiger partial charge in [0.15, 0.2) is 0 Å². The summed E-state index contributed by atoms with van der Waals surface area (Å²) < 4.78 is 5.15. The summed E-state index contributed by atoms with van der Waals surface area (Å²) in [5.74, 6) is 0.650. The smallest absolute Gasteiger partial charge is 0.217 e. The highest BCUT2D eigenvalue weighted by Crippen LogP contribution is 2.15. The van der Waals surface area contributed by atoms with E-state index in [2.05, 4.69) is 10.3 Å². The van der Waals surface area contributed by atoms with Crippen LogP contribution in [0.15, 0.2) is 18.3 Å². The molecule has 0 saturated heterocycles. The molecule has 0 saturated carbocycles. The highest BCUT2D eigenvalue weighted by molar-refractivity contribution is 5.24. The molecule has 0 atom stereocenters. The molecule has 16 heavy (non-hydrogen) atoms. The Morgan fingerprint density at radius 1 is 1.50 bits per heavy atom. The van der Waals surface area contributed by atoms with Crippen LogP contribution >= 0.6 is 0 Å². The Bertz CT molecular complexity index is 327. The van der Waals surface area contributed by atoms with Crippen LogP contribution in [-0.2, 0) is 6.54 Å². The maximum atomic E-state index is 9.11. The number of rotatable bonds is 6. The minimum atomic E-state index is -0.102. The zero-order valence-corrected chi connectivity index (χ0v) is 10.2. The number of nitrogens with one attached hydrogen (secondary N) is 1. The lowest BCUT2D eigenvalue weighted by Crippen LogP contribution is -2.32. The summed E-state index contributed by atoms with van der Waals surface area (Å²) >= 11 is 0. The molecule has 1 rings (SSSR count). The van der Waals surface area contributed by atoms with Gasteiger partial charge >= 0.3 is 0 Å². The summed E-state index contributed by atoms with van der Waals surface area (Å²) in [7, 11) is 1.61. The Morgan fingerprint density at radius 2 is 2.25 bits per heavy atom. The van der Waals surface area contributed by atoms with Crippen LogP contribution in [0, 0.1) is 5.41 Å². The molecule has 0 radical (unpaired) electrons. The molecule has 4 nitrogen and oxygen atoms in total. The first kappa shape index (κ1) is 12.9. The van der Waals surface area contributed by atoms with Crippen molar-refractivity contribution in [3.8, 4) is 5.88 Å². The fourth-order valence-corrected chi connectivity index (χ4v) is 1.33. The number of aliphatic hydroxyl groups excluding tert-OH is 1. The molecule has 0 aliphatic carbocycles. The minimum absolute atomic E-state index is 0.102. The second-order valence-electron chi connectivity index (χ2n) is 4.60. The van der Waals surface area contributed by atoms with Gasteiger partial charge in [0.25, 0.3) is 0 Å². The van der Waals surface area contributed by atoms with Crippen molar-refractivity contribution in [3.63, 3.8) is 0 Å². The average molecular weight is 224 g/mol. The SMILES string of the molecule is COc1ncccc1CNCC(C)(C)CO. The predicted octanol–water partition coefficient (Wildman–Crippen LogP) is 1.20. The second-order valence-corrected chi connectivity index (χ2v) is 4.60. The van der Waals surface area contributed by atoms with Gasteiger partial charge in [0, 0.05) is 36.9 Å². The van der Waals surface area contributed by atoms with Crippen LogP contribution in [0.4, 0.5) is 0 Å². The zero-order valence-electron chi connectivity index (χ0n) is 10.2. The number of nitrogens with zero attached hydrogens (tertiary/aromatic N) is 1. The standard InChI is InChI=1S/C12H20N2O2/c1-12(2,9-15)8-13-7-10-5-4-6-14-11(10)16-3/h4-6,13,15H,7-9H2,1-3H3. The Kier molecular flexibility index (Phi) is 4.71. The highest BCUT2D eigenvalue weighted by atomic mass is 16.5. The van der Waals surface area contributed by atoms with Crippen molar-refractivity contribution in [2.75, 3.05) is 20.3 Å². The van der Waals surface area contributed by atoms with Gasteiger partial charge in [-0.25, -0.2) is 4.98 Å². The van der Waals surface area contributed by atoms with Gasteiger partial charge in [0.1, 0.15) is 0 Å². The third-order valence-electron chi connectivity index (χ3n) is 2.39. The van der Waals surface area contributed by atoms with Gasteiger partial charge in [-0.3, -0.25) is 0 Å². The third-order valence-corrected chi connectivity index (χ3v) is 2.39. The maximum absolute atomic E-state index is 9.11. The number of aliphatic hydroxyl groups is 1. The van der Waals surface area contributed by atoms with E-state index < -0.39 is 0 Å². The average Bonchev–Trinajstić information content (AvgIpc) is 2.29. The van der Waals surface area contributed by atoms with E-state index in [0.717, 1.165) is 12.1 Å². The Hall–Kier alpha value is -1.13. The summed E-state index contributed by atoms with van der Waals surface area (Å²) in [6.45, 7) is 5.65.